The summed E-state index contributed by atoms with van der Waals surface area (Å²) in [6, 6.07) is 15.8. The van der Waals surface area contributed by atoms with Crippen molar-refractivity contribution in [3.05, 3.63) is 64.1 Å². The molecule has 4 nitrogen and oxygen atoms in total. The Bertz CT molecular complexity index is 662. The van der Waals surface area contributed by atoms with Gasteiger partial charge in [-0.15, -0.1) is 0 Å². The summed E-state index contributed by atoms with van der Waals surface area (Å²) in [5.41, 5.74) is 1.05. The van der Waals surface area contributed by atoms with Crippen molar-refractivity contribution < 1.29 is 14.3 Å². The van der Waals surface area contributed by atoms with Gasteiger partial charge in [-0.05, 0) is 52.3 Å². The minimum absolute atomic E-state index is 0.153. The molecule has 0 aromatic heterocycles. The zero-order valence-electron chi connectivity index (χ0n) is 11.1. The minimum atomic E-state index is -0.397. The quantitative estimate of drug-likeness (QED) is 0.614. The van der Waals surface area contributed by atoms with Crippen LogP contribution in [0, 0.1) is 11.3 Å². The molecule has 106 valence electrons. The van der Waals surface area contributed by atoms with Gasteiger partial charge in [0.1, 0.15) is 19.0 Å². The van der Waals surface area contributed by atoms with Crippen LogP contribution in [0.5, 0.6) is 5.75 Å². The van der Waals surface area contributed by atoms with E-state index in [1.807, 2.05) is 12.1 Å². The lowest BCUT2D eigenvalue weighted by atomic mass is 10.2. The Morgan fingerprint density at radius 3 is 2.48 bits per heavy atom. The Balaban J connectivity index is 1.78. The fourth-order valence-corrected chi connectivity index (χ4v) is 2.07. The SMILES string of the molecule is N#Cc1ccc(OCCOC(=O)c2ccccc2Br)cc1. The number of carbonyl (C=O) groups is 1. The van der Waals surface area contributed by atoms with Gasteiger partial charge in [0.2, 0.25) is 0 Å². The number of hydrogen-bond acceptors (Lipinski definition) is 4. The van der Waals surface area contributed by atoms with Crippen molar-refractivity contribution in [2.45, 2.75) is 0 Å². The second-order valence-corrected chi connectivity index (χ2v) is 4.95. The molecule has 0 saturated heterocycles. The van der Waals surface area contributed by atoms with E-state index in [0.717, 1.165) is 0 Å². The third-order valence-corrected chi connectivity index (χ3v) is 3.35. The summed E-state index contributed by atoms with van der Waals surface area (Å²) in [7, 11) is 0. The lowest BCUT2D eigenvalue weighted by Gasteiger charge is -2.08. The fourth-order valence-electron chi connectivity index (χ4n) is 1.62. The number of ether oxygens (including phenoxy) is 2. The van der Waals surface area contributed by atoms with Crippen molar-refractivity contribution in [3.63, 3.8) is 0 Å². The number of hydrogen-bond donors (Lipinski definition) is 0. The predicted octanol–water partition coefficient (Wildman–Crippen LogP) is 3.56. The monoisotopic (exact) mass is 345 g/mol. The van der Waals surface area contributed by atoms with Crippen molar-refractivity contribution in [1.29, 1.82) is 5.26 Å². The van der Waals surface area contributed by atoms with E-state index < -0.39 is 5.97 Å². The summed E-state index contributed by atoms with van der Waals surface area (Å²) in [5.74, 6) is 0.233. The number of carbonyl (C=O) groups excluding carboxylic acids is 1. The van der Waals surface area contributed by atoms with Crippen LogP contribution in [0.25, 0.3) is 0 Å². The topological polar surface area (TPSA) is 59.3 Å². The van der Waals surface area contributed by atoms with E-state index in [1.165, 1.54) is 0 Å². The molecule has 0 radical (unpaired) electrons. The fraction of sp³-hybridized carbons (Fsp3) is 0.125. The molecule has 5 heteroatoms. The van der Waals surface area contributed by atoms with Gasteiger partial charge in [-0.1, -0.05) is 12.1 Å². The number of nitrogens with zero attached hydrogens (tertiary/aromatic N) is 1. The molecule has 0 unspecified atom stereocenters. The minimum Gasteiger partial charge on any atom is -0.490 e. The van der Waals surface area contributed by atoms with Crippen molar-refractivity contribution in [3.8, 4) is 11.8 Å². The zero-order chi connectivity index (χ0) is 15.1. The summed E-state index contributed by atoms with van der Waals surface area (Å²) >= 11 is 3.30. The molecule has 0 bridgehead atoms. The standard InChI is InChI=1S/C16H12BrNO3/c17-15-4-2-1-3-14(15)16(19)21-10-9-20-13-7-5-12(11-18)6-8-13/h1-8H,9-10H2. The lowest BCUT2D eigenvalue weighted by Crippen LogP contribution is -2.12. The molecule has 21 heavy (non-hydrogen) atoms. The highest BCUT2D eigenvalue weighted by molar-refractivity contribution is 9.10. The number of benzene rings is 2. The molecular formula is C16H12BrNO3. The van der Waals surface area contributed by atoms with Crippen LogP contribution >= 0.6 is 15.9 Å². The number of halogens is 1. The third kappa shape index (κ3) is 4.33. The Labute approximate surface area is 131 Å². The van der Waals surface area contributed by atoms with Gasteiger partial charge >= 0.3 is 5.97 Å². The molecule has 0 aliphatic heterocycles. The van der Waals surface area contributed by atoms with Crippen molar-refractivity contribution in [2.75, 3.05) is 13.2 Å². The molecule has 0 heterocycles. The maximum atomic E-state index is 11.8. The molecule has 0 fully saturated rings. The first-order chi connectivity index (χ1) is 10.2. The van der Waals surface area contributed by atoms with E-state index in [0.29, 0.717) is 21.3 Å². The lowest BCUT2D eigenvalue weighted by molar-refractivity contribution is 0.0449. The molecule has 0 saturated carbocycles. The van der Waals surface area contributed by atoms with Crippen LogP contribution in [0.3, 0.4) is 0 Å². The van der Waals surface area contributed by atoms with Crippen LogP contribution in [-0.2, 0) is 4.74 Å². The number of rotatable bonds is 5. The van der Waals surface area contributed by atoms with Crippen molar-refractivity contribution >= 4 is 21.9 Å². The second-order valence-electron chi connectivity index (χ2n) is 4.10. The summed E-state index contributed by atoms with van der Waals surface area (Å²) in [6.07, 6.45) is 0. The molecule has 2 aromatic rings. The molecule has 0 amide bonds. The maximum Gasteiger partial charge on any atom is 0.339 e. The Morgan fingerprint density at radius 2 is 1.81 bits per heavy atom. The average molecular weight is 346 g/mol. The van der Waals surface area contributed by atoms with Gasteiger partial charge in [-0.25, -0.2) is 4.79 Å². The smallest absolute Gasteiger partial charge is 0.339 e. The Morgan fingerprint density at radius 1 is 1.10 bits per heavy atom. The predicted molar refractivity (Wildman–Crippen MR) is 81.1 cm³/mol. The highest BCUT2D eigenvalue weighted by atomic mass is 79.9. The van der Waals surface area contributed by atoms with Crippen LogP contribution < -0.4 is 4.74 Å². The van der Waals surface area contributed by atoms with Crippen LogP contribution in [0.4, 0.5) is 0 Å². The molecule has 0 atom stereocenters. The van der Waals surface area contributed by atoms with Gasteiger partial charge in [0.25, 0.3) is 0 Å². The molecule has 2 aromatic carbocycles. The van der Waals surface area contributed by atoms with Crippen LogP contribution in [-0.4, -0.2) is 19.2 Å². The van der Waals surface area contributed by atoms with E-state index in [9.17, 15) is 4.79 Å². The third-order valence-electron chi connectivity index (χ3n) is 2.66. The van der Waals surface area contributed by atoms with Crippen molar-refractivity contribution in [2.24, 2.45) is 0 Å². The van der Waals surface area contributed by atoms with E-state index in [-0.39, 0.29) is 13.2 Å². The van der Waals surface area contributed by atoms with Gasteiger partial charge in [0, 0.05) is 4.47 Å². The summed E-state index contributed by atoms with van der Waals surface area (Å²) in [5, 5.41) is 8.68. The van der Waals surface area contributed by atoms with E-state index in [1.54, 1.807) is 42.5 Å². The first-order valence-electron chi connectivity index (χ1n) is 6.25. The summed E-state index contributed by atoms with van der Waals surface area (Å²) < 4.78 is 11.3. The van der Waals surface area contributed by atoms with Gasteiger partial charge in [0.15, 0.2) is 0 Å². The zero-order valence-corrected chi connectivity index (χ0v) is 12.7. The average Bonchev–Trinajstić information content (AvgIpc) is 2.52. The van der Waals surface area contributed by atoms with Crippen molar-refractivity contribution in [1.82, 2.24) is 0 Å². The van der Waals surface area contributed by atoms with E-state index >= 15 is 0 Å². The molecule has 0 aliphatic rings. The summed E-state index contributed by atoms with van der Waals surface area (Å²) in [6.45, 7) is 0.405. The second kappa shape index (κ2) is 7.46. The maximum absolute atomic E-state index is 11.8. The largest absolute Gasteiger partial charge is 0.490 e. The molecule has 0 aliphatic carbocycles. The number of nitriles is 1. The molecular weight excluding hydrogens is 334 g/mol. The number of esters is 1. The normalized spacial score (nSPS) is 9.71. The first-order valence-corrected chi connectivity index (χ1v) is 7.04. The van der Waals surface area contributed by atoms with Gasteiger partial charge in [-0.2, -0.15) is 5.26 Å². The molecule has 0 spiro atoms. The highest BCUT2D eigenvalue weighted by Gasteiger charge is 2.10. The van der Waals surface area contributed by atoms with Crippen LogP contribution in [0.1, 0.15) is 15.9 Å². The summed E-state index contributed by atoms with van der Waals surface area (Å²) in [4.78, 5) is 11.8. The first kappa shape index (κ1) is 15.1. The highest BCUT2D eigenvalue weighted by Crippen LogP contribution is 2.16. The molecule has 2 rings (SSSR count). The van der Waals surface area contributed by atoms with E-state index in [4.69, 9.17) is 14.7 Å². The van der Waals surface area contributed by atoms with Crippen LogP contribution in [0.2, 0.25) is 0 Å². The van der Waals surface area contributed by atoms with E-state index in [2.05, 4.69) is 15.9 Å². The van der Waals surface area contributed by atoms with Gasteiger partial charge in [0.05, 0.1) is 17.2 Å². The van der Waals surface area contributed by atoms with Crippen LogP contribution in [0.15, 0.2) is 53.0 Å². The Hall–Kier alpha value is -2.32. The van der Waals surface area contributed by atoms with Gasteiger partial charge in [-0.3, -0.25) is 0 Å². The molecule has 0 N–H and O–H groups in total. The Kier molecular flexibility index (Phi) is 5.35. The van der Waals surface area contributed by atoms with Gasteiger partial charge < -0.3 is 9.47 Å².